The third-order valence-corrected chi connectivity index (χ3v) is 2.84. The summed E-state index contributed by atoms with van der Waals surface area (Å²) in [5.41, 5.74) is 1.65. The van der Waals surface area contributed by atoms with Gasteiger partial charge in [-0.1, -0.05) is 24.3 Å². The third kappa shape index (κ3) is 2.47. The van der Waals surface area contributed by atoms with Crippen molar-refractivity contribution in [2.24, 2.45) is 0 Å². The summed E-state index contributed by atoms with van der Waals surface area (Å²) in [5, 5.41) is 9.27. The van der Waals surface area contributed by atoms with E-state index in [1.165, 1.54) is 13.2 Å². The van der Waals surface area contributed by atoms with Crippen molar-refractivity contribution < 1.29 is 19.4 Å². The first kappa shape index (κ1) is 12.8. The zero-order valence-electron chi connectivity index (χ0n) is 10.3. The van der Waals surface area contributed by atoms with Gasteiger partial charge in [-0.25, -0.2) is 4.79 Å². The maximum absolute atomic E-state index is 11.3. The molecule has 0 aliphatic heterocycles. The number of ether oxygens (including phenoxy) is 1. The maximum Gasteiger partial charge on any atom is 0.336 e. The molecule has 0 aliphatic rings. The predicted molar refractivity (Wildman–Crippen MR) is 70.8 cm³/mol. The average molecular weight is 256 g/mol. The van der Waals surface area contributed by atoms with Crippen LogP contribution in [0.5, 0.6) is 5.75 Å². The number of carboxylic acids is 1. The lowest BCUT2D eigenvalue weighted by Gasteiger charge is -2.10. The number of hydrogen-bond donors (Lipinski definition) is 1. The van der Waals surface area contributed by atoms with Gasteiger partial charge in [-0.2, -0.15) is 0 Å². The summed E-state index contributed by atoms with van der Waals surface area (Å²) in [6, 6.07) is 11.6. The van der Waals surface area contributed by atoms with Crippen molar-refractivity contribution in [3.05, 3.63) is 53.6 Å². The van der Waals surface area contributed by atoms with Crippen molar-refractivity contribution in [1.29, 1.82) is 0 Å². The molecule has 0 saturated heterocycles. The maximum atomic E-state index is 11.3. The fourth-order valence-corrected chi connectivity index (χ4v) is 1.91. The normalized spacial score (nSPS) is 9.95. The minimum Gasteiger partial charge on any atom is -0.497 e. The number of rotatable bonds is 4. The highest BCUT2D eigenvalue weighted by Crippen LogP contribution is 2.29. The Hall–Kier alpha value is -2.62. The van der Waals surface area contributed by atoms with Gasteiger partial charge < -0.3 is 9.84 Å². The second-order valence-electron chi connectivity index (χ2n) is 3.92. The van der Waals surface area contributed by atoms with E-state index in [9.17, 15) is 14.7 Å². The lowest BCUT2D eigenvalue weighted by atomic mass is 9.95. The van der Waals surface area contributed by atoms with Crippen molar-refractivity contribution in [3.63, 3.8) is 0 Å². The van der Waals surface area contributed by atoms with Crippen molar-refractivity contribution >= 4 is 12.3 Å². The number of aromatic carboxylic acids is 1. The summed E-state index contributed by atoms with van der Waals surface area (Å²) in [6.07, 6.45) is 0.713. The number of carboxylic acid groups (broad SMARTS) is 1. The first-order valence-corrected chi connectivity index (χ1v) is 5.63. The van der Waals surface area contributed by atoms with Crippen LogP contribution >= 0.6 is 0 Å². The lowest BCUT2D eigenvalue weighted by Crippen LogP contribution is -2.01. The molecule has 0 saturated carbocycles. The van der Waals surface area contributed by atoms with Crippen LogP contribution in [0.4, 0.5) is 0 Å². The van der Waals surface area contributed by atoms with Crippen LogP contribution in [0, 0.1) is 0 Å². The molecule has 0 amide bonds. The molecule has 0 heterocycles. The molecule has 4 heteroatoms. The molecule has 2 aromatic rings. The minimum absolute atomic E-state index is 0.105. The predicted octanol–water partition coefficient (Wildman–Crippen LogP) is 2.87. The molecule has 0 spiro atoms. The van der Waals surface area contributed by atoms with Gasteiger partial charge in [0, 0.05) is 5.56 Å². The first-order chi connectivity index (χ1) is 9.17. The Balaban J connectivity index is 2.68. The molecule has 0 unspecified atom stereocenters. The Labute approximate surface area is 110 Å². The van der Waals surface area contributed by atoms with Gasteiger partial charge in [-0.05, 0) is 29.3 Å². The topological polar surface area (TPSA) is 63.6 Å². The van der Waals surface area contributed by atoms with Crippen LogP contribution in [-0.2, 0) is 0 Å². The molecule has 2 aromatic carbocycles. The molecular formula is C15H12O4. The second-order valence-corrected chi connectivity index (χ2v) is 3.92. The van der Waals surface area contributed by atoms with Crippen molar-refractivity contribution in [3.8, 4) is 16.9 Å². The van der Waals surface area contributed by atoms with Crippen molar-refractivity contribution in [1.82, 2.24) is 0 Å². The van der Waals surface area contributed by atoms with Crippen LogP contribution in [0.25, 0.3) is 11.1 Å². The number of aldehydes is 1. The number of benzene rings is 2. The van der Waals surface area contributed by atoms with Crippen LogP contribution < -0.4 is 4.74 Å². The standard InChI is InChI=1S/C15H12O4/c1-19-11-6-7-13(14(8-11)15(17)18)12-5-3-2-4-10(12)9-16/h2-9H,1H3,(H,17,18). The van der Waals surface area contributed by atoms with E-state index in [0.717, 1.165) is 0 Å². The van der Waals surface area contributed by atoms with Crippen LogP contribution in [0.15, 0.2) is 42.5 Å². The van der Waals surface area contributed by atoms with Crippen LogP contribution in [0.3, 0.4) is 0 Å². The molecule has 1 N–H and O–H groups in total. The molecule has 0 aromatic heterocycles. The van der Waals surface area contributed by atoms with E-state index in [1.54, 1.807) is 36.4 Å². The Morgan fingerprint density at radius 2 is 1.89 bits per heavy atom. The highest BCUT2D eigenvalue weighted by atomic mass is 16.5. The molecule has 0 fully saturated rings. The van der Waals surface area contributed by atoms with E-state index in [2.05, 4.69) is 0 Å². The van der Waals surface area contributed by atoms with E-state index in [0.29, 0.717) is 28.7 Å². The largest absolute Gasteiger partial charge is 0.497 e. The van der Waals surface area contributed by atoms with Gasteiger partial charge in [0.05, 0.1) is 12.7 Å². The Bertz CT molecular complexity index is 632. The fraction of sp³-hybridized carbons (Fsp3) is 0.0667. The molecule has 19 heavy (non-hydrogen) atoms. The van der Waals surface area contributed by atoms with Gasteiger partial charge >= 0.3 is 5.97 Å². The summed E-state index contributed by atoms with van der Waals surface area (Å²) < 4.78 is 5.02. The Kier molecular flexibility index (Phi) is 3.61. The summed E-state index contributed by atoms with van der Waals surface area (Å²) in [6.45, 7) is 0. The minimum atomic E-state index is -1.06. The molecule has 2 rings (SSSR count). The van der Waals surface area contributed by atoms with Gasteiger partial charge in [0.2, 0.25) is 0 Å². The number of methoxy groups -OCH3 is 1. The highest BCUT2D eigenvalue weighted by molar-refractivity contribution is 5.99. The van der Waals surface area contributed by atoms with E-state index < -0.39 is 5.97 Å². The van der Waals surface area contributed by atoms with Crippen molar-refractivity contribution in [2.45, 2.75) is 0 Å². The van der Waals surface area contributed by atoms with E-state index in [4.69, 9.17) is 4.74 Å². The Morgan fingerprint density at radius 3 is 2.53 bits per heavy atom. The van der Waals surface area contributed by atoms with Crippen LogP contribution in [0.2, 0.25) is 0 Å². The van der Waals surface area contributed by atoms with Crippen LogP contribution in [-0.4, -0.2) is 24.5 Å². The van der Waals surface area contributed by atoms with Crippen molar-refractivity contribution in [2.75, 3.05) is 7.11 Å². The molecular weight excluding hydrogens is 244 g/mol. The summed E-state index contributed by atoms with van der Waals surface area (Å²) in [7, 11) is 1.47. The van der Waals surface area contributed by atoms with Crippen LogP contribution in [0.1, 0.15) is 20.7 Å². The summed E-state index contributed by atoms with van der Waals surface area (Å²) >= 11 is 0. The zero-order valence-corrected chi connectivity index (χ0v) is 10.3. The van der Waals surface area contributed by atoms with Gasteiger partial charge in [0.15, 0.2) is 6.29 Å². The monoisotopic (exact) mass is 256 g/mol. The van der Waals surface area contributed by atoms with Gasteiger partial charge in [-0.3, -0.25) is 4.79 Å². The number of carbonyl (C=O) groups excluding carboxylic acids is 1. The Morgan fingerprint density at radius 1 is 1.16 bits per heavy atom. The summed E-state index contributed by atoms with van der Waals surface area (Å²) in [4.78, 5) is 22.4. The van der Waals surface area contributed by atoms with E-state index in [1.807, 2.05) is 0 Å². The smallest absolute Gasteiger partial charge is 0.336 e. The fourth-order valence-electron chi connectivity index (χ4n) is 1.91. The number of hydrogen-bond acceptors (Lipinski definition) is 3. The molecule has 4 nitrogen and oxygen atoms in total. The van der Waals surface area contributed by atoms with E-state index >= 15 is 0 Å². The van der Waals surface area contributed by atoms with Gasteiger partial charge in [0.25, 0.3) is 0 Å². The third-order valence-electron chi connectivity index (χ3n) is 2.84. The average Bonchev–Trinajstić information content (AvgIpc) is 2.46. The van der Waals surface area contributed by atoms with E-state index in [-0.39, 0.29) is 5.56 Å². The second kappa shape index (κ2) is 5.35. The SMILES string of the molecule is COc1ccc(-c2ccccc2C=O)c(C(=O)O)c1. The lowest BCUT2D eigenvalue weighted by molar-refractivity contribution is 0.0697. The summed E-state index contributed by atoms with van der Waals surface area (Å²) in [5.74, 6) is -0.598. The molecule has 0 radical (unpaired) electrons. The van der Waals surface area contributed by atoms with Gasteiger partial charge in [-0.15, -0.1) is 0 Å². The number of carbonyl (C=O) groups is 2. The molecule has 0 atom stereocenters. The zero-order chi connectivity index (χ0) is 13.8. The molecule has 0 aliphatic carbocycles. The molecule has 96 valence electrons. The first-order valence-electron chi connectivity index (χ1n) is 5.63. The van der Waals surface area contributed by atoms with Gasteiger partial charge in [0.1, 0.15) is 5.75 Å². The molecule has 0 bridgehead atoms. The quantitative estimate of drug-likeness (QED) is 0.854. The highest BCUT2D eigenvalue weighted by Gasteiger charge is 2.15.